The van der Waals surface area contributed by atoms with Crippen LogP contribution in [-0.2, 0) is 15.9 Å². The Hall–Kier alpha value is -2.31. The van der Waals surface area contributed by atoms with Gasteiger partial charge >= 0.3 is 12.2 Å². The zero-order valence-electron chi connectivity index (χ0n) is 15.2. The summed E-state index contributed by atoms with van der Waals surface area (Å²) in [5.74, 6) is 0.402. The van der Waals surface area contributed by atoms with Gasteiger partial charge in [0, 0.05) is 18.7 Å². The van der Waals surface area contributed by atoms with Gasteiger partial charge in [0.25, 0.3) is 0 Å². The number of rotatable bonds is 4. The average Bonchev–Trinajstić information content (AvgIpc) is 2.34. The van der Waals surface area contributed by atoms with Crippen molar-refractivity contribution in [3.05, 3.63) is 23.9 Å². The maximum Gasteiger partial charge on any atom is 0.413 e. The Bertz CT molecular complexity index is 574. The number of pyridine rings is 1. The van der Waals surface area contributed by atoms with Crippen LogP contribution >= 0.6 is 0 Å². The maximum absolute atomic E-state index is 11.7. The van der Waals surface area contributed by atoms with Crippen LogP contribution in [0, 0.1) is 0 Å². The first kappa shape index (κ1) is 19.7. The van der Waals surface area contributed by atoms with E-state index in [9.17, 15) is 9.59 Å². The third-order valence-electron chi connectivity index (χ3n) is 2.49. The molecule has 0 saturated heterocycles. The number of aromatic nitrogens is 1. The predicted octanol–water partition coefficient (Wildman–Crippen LogP) is 3.50. The molecule has 0 saturated carbocycles. The van der Waals surface area contributed by atoms with Crippen LogP contribution in [0.15, 0.2) is 18.2 Å². The molecule has 7 heteroatoms. The van der Waals surface area contributed by atoms with E-state index in [0.717, 1.165) is 5.69 Å². The predicted molar refractivity (Wildman–Crippen MR) is 92.0 cm³/mol. The van der Waals surface area contributed by atoms with Gasteiger partial charge in [-0.3, -0.25) is 5.32 Å². The van der Waals surface area contributed by atoms with Crippen LogP contribution in [0.3, 0.4) is 0 Å². The highest BCUT2D eigenvalue weighted by Crippen LogP contribution is 2.11. The lowest BCUT2D eigenvalue weighted by molar-refractivity contribution is 0.0527. The molecule has 1 rings (SSSR count). The fraction of sp³-hybridized carbons (Fsp3) is 0.588. The highest BCUT2D eigenvalue weighted by atomic mass is 16.6. The molecule has 0 unspecified atom stereocenters. The monoisotopic (exact) mass is 337 g/mol. The second kappa shape index (κ2) is 7.99. The van der Waals surface area contributed by atoms with Gasteiger partial charge in [-0.1, -0.05) is 6.07 Å². The van der Waals surface area contributed by atoms with Crippen LogP contribution in [0.5, 0.6) is 0 Å². The summed E-state index contributed by atoms with van der Waals surface area (Å²) in [5, 5.41) is 5.25. The number of ether oxygens (including phenoxy) is 2. The number of hydrogen-bond acceptors (Lipinski definition) is 5. The Morgan fingerprint density at radius 3 is 2.17 bits per heavy atom. The molecule has 2 amide bonds. The summed E-state index contributed by atoms with van der Waals surface area (Å²) in [6.07, 6.45) is -0.507. The van der Waals surface area contributed by atoms with Crippen molar-refractivity contribution in [2.75, 3.05) is 11.9 Å². The zero-order chi connectivity index (χ0) is 18.4. The van der Waals surface area contributed by atoms with Crippen LogP contribution in [0.25, 0.3) is 0 Å². The minimum absolute atomic E-state index is 0.387. The number of alkyl carbamates (subject to hydrolysis) is 1. The number of nitrogens with one attached hydrogen (secondary N) is 2. The van der Waals surface area contributed by atoms with Crippen molar-refractivity contribution < 1.29 is 19.1 Å². The van der Waals surface area contributed by atoms with Gasteiger partial charge in [0.05, 0.1) is 0 Å². The molecular formula is C17H27N3O4. The number of carbonyl (C=O) groups is 2. The van der Waals surface area contributed by atoms with Crippen LogP contribution < -0.4 is 10.6 Å². The van der Waals surface area contributed by atoms with E-state index in [1.165, 1.54) is 0 Å². The minimum atomic E-state index is -0.570. The van der Waals surface area contributed by atoms with Crippen molar-refractivity contribution in [2.24, 2.45) is 0 Å². The van der Waals surface area contributed by atoms with E-state index < -0.39 is 23.4 Å². The topological polar surface area (TPSA) is 89.6 Å². The lowest BCUT2D eigenvalue weighted by Gasteiger charge is -2.20. The van der Waals surface area contributed by atoms with Crippen molar-refractivity contribution in [3.8, 4) is 0 Å². The Kier molecular flexibility index (Phi) is 6.57. The summed E-state index contributed by atoms with van der Waals surface area (Å²) in [5.41, 5.74) is -0.363. The summed E-state index contributed by atoms with van der Waals surface area (Å²) in [7, 11) is 0. The first-order valence-corrected chi connectivity index (χ1v) is 7.87. The van der Waals surface area contributed by atoms with Crippen LogP contribution in [0.2, 0.25) is 0 Å². The Balaban J connectivity index is 2.48. The van der Waals surface area contributed by atoms with E-state index in [1.807, 2.05) is 6.07 Å². The summed E-state index contributed by atoms with van der Waals surface area (Å²) >= 11 is 0. The molecule has 0 aliphatic rings. The summed E-state index contributed by atoms with van der Waals surface area (Å²) in [6.45, 7) is 11.2. The molecule has 0 aliphatic carbocycles. The van der Waals surface area contributed by atoms with Crippen molar-refractivity contribution >= 4 is 18.0 Å². The standard InChI is InChI=1S/C17H27N3O4/c1-16(2,3)23-14(21)18-11-10-12-8-7-9-13(19-12)20-15(22)24-17(4,5)6/h7-9H,10-11H2,1-6H3,(H,18,21)(H,19,20,22). The molecule has 0 bridgehead atoms. The van der Waals surface area contributed by atoms with Crippen molar-refractivity contribution in [3.63, 3.8) is 0 Å². The maximum atomic E-state index is 11.7. The first-order chi connectivity index (χ1) is 10.9. The molecule has 134 valence electrons. The van der Waals surface area contributed by atoms with E-state index in [0.29, 0.717) is 18.8 Å². The molecule has 1 aromatic rings. The van der Waals surface area contributed by atoms with E-state index in [4.69, 9.17) is 9.47 Å². The molecule has 0 atom stereocenters. The molecule has 0 radical (unpaired) electrons. The van der Waals surface area contributed by atoms with E-state index in [-0.39, 0.29) is 0 Å². The molecule has 2 N–H and O–H groups in total. The van der Waals surface area contributed by atoms with Gasteiger partial charge in [0.15, 0.2) is 0 Å². The van der Waals surface area contributed by atoms with Gasteiger partial charge in [0.2, 0.25) is 0 Å². The van der Waals surface area contributed by atoms with Crippen LogP contribution in [-0.4, -0.2) is 34.9 Å². The Morgan fingerprint density at radius 1 is 1.00 bits per heavy atom. The fourth-order valence-electron chi connectivity index (χ4n) is 1.70. The van der Waals surface area contributed by atoms with E-state index in [2.05, 4.69) is 15.6 Å². The van der Waals surface area contributed by atoms with Gasteiger partial charge in [-0.05, 0) is 53.7 Å². The SMILES string of the molecule is CC(C)(C)OC(=O)NCCc1cccc(NC(=O)OC(C)(C)C)n1. The Labute approximate surface area is 143 Å². The molecule has 0 fully saturated rings. The summed E-state index contributed by atoms with van der Waals surface area (Å²) in [4.78, 5) is 27.6. The molecule has 0 aliphatic heterocycles. The van der Waals surface area contributed by atoms with Gasteiger partial charge in [-0.2, -0.15) is 0 Å². The average molecular weight is 337 g/mol. The lowest BCUT2D eigenvalue weighted by Crippen LogP contribution is -2.33. The number of carbonyl (C=O) groups excluding carboxylic acids is 2. The zero-order valence-corrected chi connectivity index (χ0v) is 15.2. The molecule has 1 heterocycles. The van der Waals surface area contributed by atoms with Gasteiger partial charge < -0.3 is 14.8 Å². The minimum Gasteiger partial charge on any atom is -0.444 e. The molecular weight excluding hydrogens is 310 g/mol. The normalized spacial score (nSPS) is 11.6. The number of hydrogen-bond donors (Lipinski definition) is 2. The fourth-order valence-corrected chi connectivity index (χ4v) is 1.70. The molecule has 24 heavy (non-hydrogen) atoms. The van der Waals surface area contributed by atoms with E-state index >= 15 is 0 Å². The number of anilines is 1. The number of nitrogens with zero attached hydrogens (tertiary/aromatic N) is 1. The third kappa shape index (κ3) is 8.97. The molecule has 1 aromatic heterocycles. The second-order valence-electron chi connectivity index (χ2n) is 7.32. The van der Waals surface area contributed by atoms with Gasteiger partial charge in [0.1, 0.15) is 17.0 Å². The highest BCUT2D eigenvalue weighted by Gasteiger charge is 2.17. The van der Waals surface area contributed by atoms with Crippen molar-refractivity contribution in [2.45, 2.75) is 59.2 Å². The lowest BCUT2D eigenvalue weighted by atomic mass is 10.2. The quantitative estimate of drug-likeness (QED) is 0.878. The van der Waals surface area contributed by atoms with Crippen LogP contribution in [0.4, 0.5) is 15.4 Å². The van der Waals surface area contributed by atoms with E-state index in [1.54, 1.807) is 53.7 Å². The second-order valence-corrected chi connectivity index (χ2v) is 7.32. The Morgan fingerprint density at radius 2 is 1.58 bits per heavy atom. The number of amides is 2. The molecule has 0 aromatic carbocycles. The first-order valence-electron chi connectivity index (χ1n) is 7.87. The van der Waals surface area contributed by atoms with Crippen molar-refractivity contribution in [1.82, 2.24) is 10.3 Å². The van der Waals surface area contributed by atoms with Gasteiger partial charge in [-0.15, -0.1) is 0 Å². The van der Waals surface area contributed by atoms with Gasteiger partial charge in [-0.25, -0.2) is 14.6 Å². The molecule has 0 spiro atoms. The largest absolute Gasteiger partial charge is 0.444 e. The smallest absolute Gasteiger partial charge is 0.413 e. The summed E-state index contributed by atoms with van der Waals surface area (Å²) < 4.78 is 10.3. The molecule has 7 nitrogen and oxygen atoms in total. The van der Waals surface area contributed by atoms with Crippen LogP contribution in [0.1, 0.15) is 47.2 Å². The summed E-state index contributed by atoms with van der Waals surface area (Å²) in [6, 6.07) is 5.27. The van der Waals surface area contributed by atoms with Crippen molar-refractivity contribution in [1.29, 1.82) is 0 Å². The highest BCUT2D eigenvalue weighted by molar-refractivity contribution is 5.83. The third-order valence-corrected chi connectivity index (χ3v) is 2.49.